The van der Waals surface area contributed by atoms with Crippen molar-refractivity contribution in [3.63, 3.8) is 0 Å². The van der Waals surface area contributed by atoms with Gasteiger partial charge in [0.1, 0.15) is 6.04 Å². The second-order valence-corrected chi connectivity index (χ2v) is 5.15. The van der Waals surface area contributed by atoms with Gasteiger partial charge in [-0.3, -0.25) is 14.4 Å². The van der Waals surface area contributed by atoms with Gasteiger partial charge in [-0.25, -0.2) is 4.79 Å². The maximum absolute atomic E-state index is 11.5. The molecular weight excluding hydrogens is 302 g/mol. The first-order chi connectivity index (χ1) is 9.77. The summed E-state index contributed by atoms with van der Waals surface area (Å²) in [5.74, 6) is -3.30. The minimum atomic E-state index is -1.26. The zero-order valence-corrected chi connectivity index (χ0v) is 12.3. The molecule has 9 nitrogen and oxygen atoms in total. The Hall–Kier alpha value is -1.81. The molecule has 0 rings (SSSR count). The minimum Gasteiger partial charge on any atom is -0.481 e. The predicted octanol–water partition coefficient (Wildman–Crippen LogP) is -1.77. The molecule has 2 amide bonds. The molecule has 0 aromatic rings. The van der Waals surface area contributed by atoms with Gasteiger partial charge in [-0.05, 0) is 18.4 Å². The van der Waals surface area contributed by atoms with Crippen LogP contribution in [0.15, 0.2) is 0 Å². The number of aliphatic carboxylic acids is 2. The van der Waals surface area contributed by atoms with Crippen LogP contribution in [0.5, 0.6) is 0 Å². The zero-order valence-electron chi connectivity index (χ0n) is 11.5. The highest BCUT2D eigenvalue weighted by molar-refractivity contribution is 7.98. The monoisotopic (exact) mass is 321 g/mol. The molecule has 10 heteroatoms. The first-order valence-electron chi connectivity index (χ1n) is 6.04. The molecule has 21 heavy (non-hydrogen) atoms. The van der Waals surface area contributed by atoms with Gasteiger partial charge in [0.25, 0.3) is 0 Å². The third-order valence-electron chi connectivity index (χ3n) is 2.40. The summed E-state index contributed by atoms with van der Waals surface area (Å²) in [5, 5.41) is 21.8. The average molecular weight is 321 g/mol. The summed E-state index contributed by atoms with van der Waals surface area (Å²) >= 11 is 1.45. The standard InChI is InChI=1S/C11H19N3O6S/c1-21-3-2-7(11(19)20)14-8(15)5-13-10(18)6(12)4-9(16)17/h6-7H,2-5,12H2,1H3,(H,13,18)(H,14,15)(H,16,17)(H,19,20)/t6-,7-/m0/s1. The molecule has 2 atom stereocenters. The predicted molar refractivity (Wildman–Crippen MR) is 75.8 cm³/mol. The normalized spacial score (nSPS) is 13.0. The van der Waals surface area contributed by atoms with Crippen LogP contribution in [0.4, 0.5) is 0 Å². The molecular formula is C11H19N3O6S. The van der Waals surface area contributed by atoms with Crippen molar-refractivity contribution in [3.05, 3.63) is 0 Å². The molecule has 0 radical (unpaired) electrons. The molecule has 0 aliphatic rings. The fourth-order valence-corrected chi connectivity index (χ4v) is 1.79. The van der Waals surface area contributed by atoms with E-state index in [0.717, 1.165) is 0 Å². The molecule has 0 fully saturated rings. The van der Waals surface area contributed by atoms with Gasteiger partial charge in [-0.15, -0.1) is 0 Å². The van der Waals surface area contributed by atoms with Crippen LogP contribution in [0.2, 0.25) is 0 Å². The number of carboxylic acids is 2. The Morgan fingerprint density at radius 3 is 2.33 bits per heavy atom. The van der Waals surface area contributed by atoms with Crippen LogP contribution >= 0.6 is 11.8 Å². The summed E-state index contributed by atoms with van der Waals surface area (Å²) in [5.41, 5.74) is 5.30. The fraction of sp³-hybridized carbons (Fsp3) is 0.636. The Morgan fingerprint density at radius 2 is 1.86 bits per heavy atom. The lowest BCUT2D eigenvalue weighted by atomic mass is 10.2. The van der Waals surface area contributed by atoms with Crippen molar-refractivity contribution in [2.24, 2.45) is 5.73 Å². The number of thioether (sulfide) groups is 1. The van der Waals surface area contributed by atoms with Gasteiger partial charge in [0.2, 0.25) is 11.8 Å². The van der Waals surface area contributed by atoms with Crippen molar-refractivity contribution in [1.29, 1.82) is 0 Å². The van der Waals surface area contributed by atoms with E-state index in [1.165, 1.54) is 11.8 Å². The van der Waals surface area contributed by atoms with Crippen molar-refractivity contribution in [2.75, 3.05) is 18.6 Å². The highest BCUT2D eigenvalue weighted by atomic mass is 32.2. The van der Waals surface area contributed by atoms with Crippen molar-refractivity contribution in [3.8, 4) is 0 Å². The summed E-state index contributed by atoms with van der Waals surface area (Å²) in [6.07, 6.45) is 1.51. The van der Waals surface area contributed by atoms with E-state index in [9.17, 15) is 19.2 Å². The fourth-order valence-electron chi connectivity index (χ4n) is 1.32. The van der Waals surface area contributed by atoms with Crippen LogP contribution in [0.25, 0.3) is 0 Å². The second-order valence-electron chi connectivity index (χ2n) is 4.16. The van der Waals surface area contributed by atoms with Gasteiger partial charge in [0.15, 0.2) is 0 Å². The van der Waals surface area contributed by atoms with E-state index in [0.29, 0.717) is 5.75 Å². The van der Waals surface area contributed by atoms with E-state index in [4.69, 9.17) is 15.9 Å². The van der Waals surface area contributed by atoms with Crippen molar-refractivity contribution in [2.45, 2.75) is 24.9 Å². The Labute approximate surface area is 125 Å². The Kier molecular flexibility index (Phi) is 9.13. The number of carbonyl (C=O) groups is 4. The molecule has 0 aromatic carbocycles. The first kappa shape index (κ1) is 19.2. The van der Waals surface area contributed by atoms with E-state index >= 15 is 0 Å². The maximum Gasteiger partial charge on any atom is 0.326 e. The molecule has 0 aliphatic carbocycles. The van der Waals surface area contributed by atoms with Gasteiger partial charge in [0.05, 0.1) is 19.0 Å². The molecule has 0 heterocycles. The summed E-state index contributed by atoms with van der Waals surface area (Å²) < 4.78 is 0. The van der Waals surface area contributed by atoms with Crippen LogP contribution in [-0.2, 0) is 19.2 Å². The molecule has 0 aromatic heterocycles. The number of hydrogen-bond donors (Lipinski definition) is 5. The lowest BCUT2D eigenvalue weighted by Crippen LogP contribution is -2.49. The number of carboxylic acid groups (broad SMARTS) is 2. The molecule has 0 saturated carbocycles. The van der Waals surface area contributed by atoms with Crippen molar-refractivity contribution >= 4 is 35.5 Å². The van der Waals surface area contributed by atoms with E-state index in [-0.39, 0.29) is 6.42 Å². The second kappa shape index (κ2) is 10.00. The van der Waals surface area contributed by atoms with Gasteiger partial charge < -0.3 is 26.6 Å². The summed E-state index contributed by atoms with van der Waals surface area (Å²) in [6.45, 7) is -0.463. The average Bonchev–Trinajstić information content (AvgIpc) is 2.39. The largest absolute Gasteiger partial charge is 0.481 e. The van der Waals surface area contributed by atoms with E-state index in [1.807, 2.05) is 6.26 Å². The van der Waals surface area contributed by atoms with Crippen LogP contribution in [0.1, 0.15) is 12.8 Å². The Morgan fingerprint density at radius 1 is 1.24 bits per heavy atom. The number of nitrogens with one attached hydrogen (secondary N) is 2. The lowest BCUT2D eigenvalue weighted by molar-refractivity contribution is -0.142. The molecule has 6 N–H and O–H groups in total. The first-order valence-corrected chi connectivity index (χ1v) is 7.43. The Balaban J connectivity index is 4.20. The van der Waals surface area contributed by atoms with E-state index in [2.05, 4.69) is 10.6 Å². The summed E-state index contributed by atoms with van der Waals surface area (Å²) in [7, 11) is 0. The number of carbonyl (C=O) groups excluding carboxylic acids is 2. The van der Waals surface area contributed by atoms with Gasteiger partial charge >= 0.3 is 11.9 Å². The quantitative estimate of drug-likeness (QED) is 0.316. The lowest BCUT2D eigenvalue weighted by Gasteiger charge is -2.15. The van der Waals surface area contributed by atoms with Gasteiger partial charge in [0, 0.05) is 0 Å². The third kappa shape index (κ3) is 8.87. The summed E-state index contributed by atoms with van der Waals surface area (Å²) in [6, 6.07) is -2.29. The molecule has 0 saturated heterocycles. The van der Waals surface area contributed by atoms with Gasteiger partial charge in [-0.2, -0.15) is 11.8 Å². The molecule has 0 unspecified atom stereocenters. The van der Waals surface area contributed by atoms with Crippen molar-refractivity contribution in [1.82, 2.24) is 10.6 Å². The van der Waals surface area contributed by atoms with Crippen LogP contribution in [0.3, 0.4) is 0 Å². The molecule has 0 aliphatic heterocycles. The molecule has 120 valence electrons. The highest BCUT2D eigenvalue weighted by Crippen LogP contribution is 2.00. The molecule has 0 spiro atoms. The van der Waals surface area contributed by atoms with Gasteiger partial charge in [-0.1, -0.05) is 0 Å². The third-order valence-corrected chi connectivity index (χ3v) is 3.04. The number of amides is 2. The maximum atomic E-state index is 11.5. The van der Waals surface area contributed by atoms with Crippen LogP contribution in [-0.4, -0.2) is 64.6 Å². The minimum absolute atomic E-state index is 0.259. The number of nitrogens with two attached hydrogens (primary N) is 1. The molecule has 0 bridgehead atoms. The van der Waals surface area contributed by atoms with Crippen LogP contribution in [0, 0.1) is 0 Å². The number of hydrogen-bond acceptors (Lipinski definition) is 6. The smallest absolute Gasteiger partial charge is 0.326 e. The van der Waals surface area contributed by atoms with E-state index in [1.54, 1.807) is 0 Å². The summed E-state index contributed by atoms with van der Waals surface area (Å²) in [4.78, 5) is 44.2. The number of rotatable bonds is 10. The van der Waals surface area contributed by atoms with E-state index < -0.39 is 48.8 Å². The SMILES string of the molecule is CSCC[C@H](NC(=O)CNC(=O)[C@@H](N)CC(=O)O)C(=O)O. The Bertz CT molecular complexity index is 403. The topological polar surface area (TPSA) is 159 Å². The van der Waals surface area contributed by atoms with Crippen molar-refractivity contribution < 1.29 is 29.4 Å². The van der Waals surface area contributed by atoms with Crippen LogP contribution < -0.4 is 16.4 Å². The zero-order chi connectivity index (χ0) is 16.4. The highest BCUT2D eigenvalue weighted by Gasteiger charge is 2.21.